The number of nitrogens with two attached hydrogens (primary N) is 1. The molecular formula is C25H28N4O5. The number of aromatic nitrogens is 2. The van der Waals surface area contributed by atoms with Gasteiger partial charge in [0.05, 0.1) is 20.1 Å². The summed E-state index contributed by atoms with van der Waals surface area (Å²) in [5, 5.41) is 4.13. The molecule has 0 unspecified atom stereocenters. The van der Waals surface area contributed by atoms with Gasteiger partial charge in [0, 0.05) is 30.1 Å². The minimum Gasteiger partial charge on any atom is -0.493 e. The Morgan fingerprint density at radius 1 is 1.09 bits per heavy atom. The first kappa shape index (κ1) is 23.3. The predicted octanol–water partition coefficient (Wildman–Crippen LogP) is 3.36. The molecule has 3 aromatic rings. The van der Waals surface area contributed by atoms with Crippen LogP contribution in [-0.4, -0.2) is 54.2 Å². The molecule has 9 nitrogen and oxygen atoms in total. The van der Waals surface area contributed by atoms with Gasteiger partial charge in [-0.25, -0.2) is 0 Å². The Hall–Kier alpha value is -3.88. The number of amides is 2. The van der Waals surface area contributed by atoms with Crippen LogP contribution in [0.1, 0.15) is 53.4 Å². The zero-order chi connectivity index (χ0) is 24.2. The number of hydrogen-bond donors (Lipinski definition) is 1. The van der Waals surface area contributed by atoms with Gasteiger partial charge in [-0.3, -0.25) is 9.59 Å². The molecule has 2 aromatic carbocycles. The molecule has 9 heteroatoms. The molecule has 0 bridgehead atoms. The number of piperidine rings is 1. The fourth-order valence-electron chi connectivity index (χ4n) is 4.35. The van der Waals surface area contributed by atoms with Crippen LogP contribution in [0, 0.1) is 0 Å². The Balaban J connectivity index is 1.41. The molecular weight excluding hydrogens is 436 g/mol. The van der Waals surface area contributed by atoms with E-state index in [0.29, 0.717) is 60.3 Å². The van der Waals surface area contributed by atoms with Gasteiger partial charge in [-0.1, -0.05) is 23.4 Å². The Kier molecular flexibility index (Phi) is 6.81. The number of primary amides is 1. The van der Waals surface area contributed by atoms with Crippen molar-refractivity contribution >= 4 is 11.8 Å². The van der Waals surface area contributed by atoms with E-state index in [2.05, 4.69) is 10.1 Å². The van der Waals surface area contributed by atoms with E-state index >= 15 is 0 Å². The maximum atomic E-state index is 13.1. The van der Waals surface area contributed by atoms with Gasteiger partial charge in [0.2, 0.25) is 23.5 Å². The lowest BCUT2D eigenvalue weighted by Crippen LogP contribution is -2.40. The van der Waals surface area contributed by atoms with Crippen molar-refractivity contribution in [1.82, 2.24) is 15.0 Å². The number of methoxy groups -OCH3 is 2. The summed E-state index contributed by atoms with van der Waals surface area (Å²) in [6.07, 6.45) is 1.42. The second-order valence-electron chi connectivity index (χ2n) is 8.30. The van der Waals surface area contributed by atoms with Crippen molar-refractivity contribution in [2.45, 2.75) is 31.6 Å². The van der Waals surface area contributed by atoms with Gasteiger partial charge in [-0.15, -0.1) is 0 Å². The number of carbonyl (C=O) groups excluding carboxylic acids is 2. The molecule has 4 rings (SSSR count). The molecule has 34 heavy (non-hydrogen) atoms. The number of likely N-dealkylation sites (tertiary alicyclic amines) is 1. The number of hydrogen-bond acceptors (Lipinski definition) is 7. The number of ether oxygens (including phenoxy) is 2. The van der Waals surface area contributed by atoms with Gasteiger partial charge in [0.25, 0.3) is 0 Å². The third kappa shape index (κ3) is 4.59. The van der Waals surface area contributed by atoms with E-state index in [0.717, 1.165) is 5.56 Å². The van der Waals surface area contributed by atoms with Crippen molar-refractivity contribution in [2.75, 3.05) is 27.3 Å². The van der Waals surface area contributed by atoms with Gasteiger partial charge >= 0.3 is 0 Å². The highest BCUT2D eigenvalue weighted by atomic mass is 16.5. The Morgan fingerprint density at radius 3 is 2.47 bits per heavy atom. The van der Waals surface area contributed by atoms with Crippen molar-refractivity contribution in [3.05, 3.63) is 59.5 Å². The van der Waals surface area contributed by atoms with Crippen LogP contribution in [0.15, 0.2) is 47.0 Å². The summed E-state index contributed by atoms with van der Waals surface area (Å²) >= 11 is 0. The Bertz CT molecular complexity index is 1180. The Labute approximate surface area is 197 Å². The summed E-state index contributed by atoms with van der Waals surface area (Å²) in [6, 6.07) is 12.4. The zero-order valence-electron chi connectivity index (χ0n) is 19.5. The largest absolute Gasteiger partial charge is 0.493 e. The summed E-state index contributed by atoms with van der Waals surface area (Å²) in [7, 11) is 3.16. The first-order chi connectivity index (χ1) is 16.4. The summed E-state index contributed by atoms with van der Waals surface area (Å²) in [5.74, 6) is 1.30. The van der Waals surface area contributed by atoms with E-state index in [1.807, 2.05) is 24.0 Å². The quantitative estimate of drug-likeness (QED) is 0.569. The second-order valence-corrected chi connectivity index (χ2v) is 8.30. The summed E-state index contributed by atoms with van der Waals surface area (Å²) in [4.78, 5) is 31.3. The second kappa shape index (κ2) is 9.94. The van der Waals surface area contributed by atoms with Crippen LogP contribution in [0.4, 0.5) is 0 Å². The van der Waals surface area contributed by atoms with E-state index in [9.17, 15) is 9.59 Å². The fourth-order valence-corrected chi connectivity index (χ4v) is 4.35. The van der Waals surface area contributed by atoms with E-state index in [4.69, 9.17) is 19.7 Å². The molecule has 0 aliphatic carbocycles. The van der Waals surface area contributed by atoms with Crippen molar-refractivity contribution in [2.24, 2.45) is 5.73 Å². The molecule has 2 heterocycles. The van der Waals surface area contributed by atoms with E-state index in [-0.39, 0.29) is 11.8 Å². The van der Waals surface area contributed by atoms with E-state index in [1.54, 1.807) is 44.6 Å². The monoisotopic (exact) mass is 464 g/mol. The number of rotatable bonds is 7. The smallest absolute Gasteiger partial charge is 0.249 e. The van der Waals surface area contributed by atoms with Gasteiger partial charge < -0.3 is 24.6 Å². The lowest BCUT2D eigenvalue weighted by molar-refractivity contribution is -0.133. The molecule has 0 radical (unpaired) electrons. The number of nitrogens with zero attached hydrogens (tertiary/aromatic N) is 3. The summed E-state index contributed by atoms with van der Waals surface area (Å²) in [5.41, 5.74) is 7.29. The predicted molar refractivity (Wildman–Crippen MR) is 125 cm³/mol. The number of benzene rings is 2. The van der Waals surface area contributed by atoms with Gasteiger partial charge in [-0.2, -0.15) is 4.98 Å². The van der Waals surface area contributed by atoms with E-state index < -0.39 is 11.8 Å². The average Bonchev–Trinajstić information content (AvgIpc) is 3.38. The van der Waals surface area contributed by atoms with Crippen molar-refractivity contribution in [3.8, 4) is 22.9 Å². The van der Waals surface area contributed by atoms with Crippen molar-refractivity contribution in [1.29, 1.82) is 0 Å². The molecule has 1 aliphatic rings. The molecule has 1 fully saturated rings. The zero-order valence-corrected chi connectivity index (χ0v) is 19.5. The van der Waals surface area contributed by atoms with Crippen molar-refractivity contribution in [3.63, 3.8) is 0 Å². The van der Waals surface area contributed by atoms with Crippen LogP contribution >= 0.6 is 0 Å². The summed E-state index contributed by atoms with van der Waals surface area (Å²) in [6.45, 7) is 2.95. The highest BCUT2D eigenvalue weighted by Crippen LogP contribution is 2.33. The molecule has 1 atom stereocenters. The van der Waals surface area contributed by atoms with Gasteiger partial charge in [0.1, 0.15) is 0 Å². The van der Waals surface area contributed by atoms with Gasteiger partial charge in [-0.05, 0) is 49.6 Å². The minimum absolute atomic E-state index is 0.0244. The van der Waals surface area contributed by atoms with E-state index in [1.165, 1.54) is 0 Å². The van der Waals surface area contributed by atoms with Crippen LogP contribution in [0.2, 0.25) is 0 Å². The van der Waals surface area contributed by atoms with Crippen LogP contribution in [0.25, 0.3) is 11.4 Å². The molecule has 1 aromatic heterocycles. The molecule has 1 aliphatic heterocycles. The minimum atomic E-state index is -0.532. The molecule has 0 saturated carbocycles. The summed E-state index contributed by atoms with van der Waals surface area (Å²) < 4.78 is 16.2. The fraction of sp³-hybridized carbons (Fsp3) is 0.360. The lowest BCUT2D eigenvalue weighted by Gasteiger charge is -2.32. The lowest BCUT2D eigenvalue weighted by atomic mass is 9.91. The molecule has 178 valence electrons. The van der Waals surface area contributed by atoms with Crippen molar-refractivity contribution < 1.29 is 23.6 Å². The van der Waals surface area contributed by atoms with Crippen LogP contribution in [0.5, 0.6) is 11.5 Å². The van der Waals surface area contributed by atoms with Crippen LogP contribution < -0.4 is 15.2 Å². The molecule has 2 N–H and O–H groups in total. The standard InChI is InChI=1S/C25H28N4O5/c1-15(18-6-4-5-7-19(18)22(26)30)25(31)29-12-10-16(11-13-29)24-27-23(28-34-24)17-8-9-20(32-2)21(14-17)33-3/h4-9,14-16H,10-13H2,1-3H3,(H2,26,30)/t15-/m1/s1. The topological polar surface area (TPSA) is 121 Å². The Morgan fingerprint density at radius 2 is 1.79 bits per heavy atom. The highest BCUT2D eigenvalue weighted by molar-refractivity contribution is 5.96. The maximum Gasteiger partial charge on any atom is 0.249 e. The molecule has 0 spiro atoms. The van der Waals surface area contributed by atoms with Crippen LogP contribution in [0.3, 0.4) is 0 Å². The average molecular weight is 465 g/mol. The van der Waals surface area contributed by atoms with Crippen LogP contribution in [-0.2, 0) is 4.79 Å². The first-order valence-corrected chi connectivity index (χ1v) is 11.2. The van der Waals surface area contributed by atoms with Gasteiger partial charge in [0.15, 0.2) is 11.5 Å². The molecule has 1 saturated heterocycles. The normalized spacial score (nSPS) is 15.1. The first-order valence-electron chi connectivity index (χ1n) is 11.2. The maximum absolute atomic E-state index is 13.1. The number of carbonyl (C=O) groups is 2. The third-order valence-corrected chi connectivity index (χ3v) is 6.30. The highest BCUT2D eigenvalue weighted by Gasteiger charge is 2.31. The molecule has 2 amide bonds. The third-order valence-electron chi connectivity index (χ3n) is 6.30. The SMILES string of the molecule is COc1ccc(-c2noc(C3CCN(C(=O)[C@H](C)c4ccccc4C(N)=O)CC3)n2)cc1OC.